The number of hydrogen-bond acceptors (Lipinski definition) is 6. The van der Waals surface area contributed by atoms with Gasteiger partial charge in [0.15, 0.2) is 17.4 Å². The highest BCUT2D eigenvalue weighted by Crippen LogP contribution is 1.88. The second-order valence-corrected chi connectivity index (χ2v) is 3.08. The maximum absolute atomic E-state index is 11.3. The summed E-state index contributed by atoms with van der Waals surface area (Å²) < 4.78 is 8.95. The number of Topliss-reactive ketones (excluding diaryl/α,β-unsaturated/α-hetero) is 2. The summed E-state index contributed by atoms with van der Waals surface area (Å²) in [5.74, 6) is -0.469. The first kappa shape index (κ1) is 14.9. The van der Waals surface area contributed by atoms with Gasteiger partial charge in [-0.25, -0.2) is 4.79 Å². The van der Waals surface area contributed by atoms with Crippen molar-refractivity contribution in [1.82, 2.24) is 10.6 Å². The second-order valence-electron chi connectivity index (χ2n) is 3.08. The molecule has 7 heteroatoms. The topological polar surface area (TPSA) is 93.7 Å². The minimum absolute atomic E-state index is 0.0450. The molecule has 1 amide bonds. The van der Waals surface area contributed by atoms with Crippen LogP contribution in [0.4, 0.5) is 4.79 Å². The number of nitrogens with one attached hydrogen (secondary N) is 2. The van der Waals surface area contributed by atoms with Gasteiger partial charge in [-0.3, -0.25) is 9.59 Å². The van der Waals surface area contributed by atoms with Crippen molar-refractivity contribution in [3.63, 3.8) is 0 Å². The molecule has 17 heavy (non-hydrogen) atoms. The standard InChI is InChI=1S/C10H16N2O5/c1-7(16-2)11-5-8(13)4-9(14)6-12-10(15)17-3/h11H,1,4-6H2,2-3H3,(H,12,15). The maximum atomic E-state index is 11.3. The molecule has 0 heterocycles. The SMILES string of the molecule is C=C(NCC(=O)CC(=O)CNC(=O)OC)OC. The summed E-state index contributed by atoms with van der Waals surface area (Å²) in [5, 5.41) is 4.77. The molecule has 0 aliphatic heterocycles. The van der Waals surface area contributed by atoms with Crippen LogP contribution in [0.2, 0.25) is 0 Å². The summed E-state index contributed by atoms with van der Waals surface area (Å²) in [6.07, 6.45) is -0.981. The van der Waals surface area contributed by atoms with E-state index >= 15 is 0 Å². The van der Waals surface area contributed by atoms with Gasteiger partial charge in [0, 0.05) is 0 Å². The van der Waals surface area contributed by atoms with E-state index in [-0.39, 0.29) is 31.2 Å². The van der Waals surface area contributed by atoms with E-state index in [0.29, 0.717) is 0 Å². The molecule has 0 spiro atoms. The Balaban J connectivity index is 3.77. The molecule has 0 aromatic carbocycles. The maximum Gasteiger partial charge on any atom is 0.407 e. The van der Waals surface area contributed by atoms with Crippen molar-refractivity contribution < 1.29 is 23.9 Å². The molecule has 0 unspecified atom stereocenters. The lowest BCUT2D eigenvalue weighted by atomic mass is 10.2. The smallest absolute Gasteiger partial charge is 0.407 e. The Kier molecular flexibility index (Phi) is 7.16. The zero-order valence-corrected chi connectivity index (χ0v) is 9.87. The highest BCUT2D eigenvalue weighted by molar-refractivity contribution is 6.01. The van der Waals surface area contributed by atoms with Gasteiger partial charge in [0.25, 0.3) is 0 Å². The number of ether oxygens (including phenoxy) is 2. The van der Waals surface area contributed by atoms with E-state index in [2.05, 4.69) is 26.7 Å². The van der Waals surface area contributed by atoms with Crippen molar-refractivity contribution >= 4 is 17.7 Å². The lowest BCUT2D eigenvalue weighted by molar-refractivity contribution is -0.126. The molecule has 0 aromatic heterocycles. The first-order chi connectivity index (χ1) is 7.99. The van der Waals surface area contributed by atoms with E-state index in [1.807, 2.05) is 0 Å². The van der Waals surface area contributed by atoms with Crippen LogP contribution < -0.4 is 10.6 Å². The fourth-order valence-corrected chi connectivity index (χ4v) is 0.857. The van der Waals surface area contributed by atoms with Gasteiger partial charge in [0.05, 0.1) is 33.7 Å². The van der Waals surface area contributed by atoms with Crippen molar-refractivity contribution in [2.45, 2.75) is 6.42 Å². The van der Waals surface area contributed by atoms with Crippen molar-refractivity contribution in [2.24, 2.45) is 0 Å². The predicted octanol–water partition coefficient (Wildman–Crippen LogP) is -0.422. The van der Waals surface area contributed by atoms with Crippen LogP contribution in [0.5, 0.6) is 0 Å². The molecule has 0 fully saturated rings. The van der Waals surface area contributed by atoms with Crippen LogP contribution in [0, 0.1) is 0 Å². The number of hydrogen-bond donors (Lipinski definition) is 2. The van der Waals surface area contributed by atoms with Crippen LogP contribution >= 0.6 is 0 Å². The summed E-state index contributed by atoms with van der Waals surface area (Å²) >= 11 is 0. The Morgan fingerprint density at radius 2 is 1.53 bits per heavy atom. The van der Waals surface area contributed by atoms with Gasteiger partial charge in [0.2, 0.25) is 0 Å². The normalized spacial score (nSPS) is 9.06. The Morgan fingerprint density at radius 1 is 1.00 bits per heavy atom. The molecule has 0 rings (SSSR count). The van der Waals surface area contributed by atoms with Crippen molar-refractivity contribution in [1.29, 1.82) is 0 Å². The highest BCUT2D eigenvalue weighted by atomic mass is 16.5. The van der Waals surface area contributed by atoms with Gasteiger partial charge < -0.3 is 20.1 Å². The molecule has 0 atom stereocenters. The van der Waals surface area contributed by atoms with Crippen LogP contribution in [0.3, 0.4) is 0 Å². The van der Waals surface area contributed by atoms with Crippen molar-refractivity contribution in [3.8, 4) is 0 Å². The highest BCUT2D eigenvalue weighted by Gasteiger charge is 2.11. The van der Waals surface area contributed by atoms with Crippen LogP contribution in [0.25, 0.3) is 0 Å². The lowest BCUT2D eigenvalue weighted by Crippen LogP contribution is -2.32. The first-order valence-corrected chi connectivity index (χ1v) is 4.81. The van der Waals surface area contributed by atoms with E-state index in [4.69, 9.17) is 0 Å². The number of amides is 1. The third kappa shape index (κ3) is 7.83. The van der Waals surface area contributed by atoms with E-state index in [0.717, 1.165) is 0 Å². The van der Waals surface area contributed by atoms with Crippen LogP contribution in [0.15, 0.2) is 12.5 Å². The average molecular weight is 244 g/mol. The van der Waals surface area contributed by atoms with Crippen LogP contribution in [-0.4, -0.2) is 45.0 Å². The van der Waals surface area contributed by atoms with Gasteiger partial charge >= 0.3 is 6.09 Å². The second kappa shape index (κ2) is 8.14. The monoisotopic (exact) mass is 244 g/mol. The molecule has 0 aliphatic carbocycles. The molecule has 0 saturated heterocycles. The average Bonchev–Trinajstić information content (AvgIpc) is 2.32. The Morgan fingerprint density at radius 3 is 2.00 bits per heavy atom. The van der Waals surface area contributed by atoms with Gasteiger partial charge in [-0.1, -0.05) is 0 Å². The minimum atomic E-state index is -0.711. The summed E-state index contributed by atoms with van der Waals surface area (Å²) in [7, 11) is 2.59. The minimum Gasteiger partial charge on any atom is -0.483 e. The van der Waals surface area contributed by atoms with Crippen molar-refractivity contribution in [2.75, 3.05) is 27.3 Å². The molecule has 0 saturated carbocycles. The Hall–Kier alpha value is -2.05. The van der Waals surface area contributed by atoms with Gasteiger partial charge in [-0.2, -0.15) is 0 Å². The molecule has 0 bridgehead atoms. The third-order valence-electron chi connectivity index (χ3n) is 1.74. The molecule has 0 aliphatic rings. The molecule has 96 valence electrons. The number of carbonyl (C=O) groups is 3. The summed E-state index contributed by atoms with van der Waals surface area (Å²) in [6.45, 7) is 3.17. The van der Waals surface area contributed by atoms with E-state index < -0.39 is 11.9 Å². The Bertz CT molecular complexity index is 284. The zero-order valence-electron chi connectivity index (χ0n) is 9.87. The summed E-state index contributed by atoms with van der Waals surface area (Å²) in [6, 6.07) is 0. The van der Waals surface area contributed by atoms with E-state index in [1.165, 1.54) is 14.2 Å². The summed E-state index contributed by atoms with van der Waals surface area (Å²) in [4.78, 5) is 33.1. The lowest BCUT2D eigenvalue weighted by Gasteiger charge is -2.06. The largest absolute Gasteiger partial charge is 0.483 e. The number of alkyl carbamates (subject to hydrolysis) is 1. The van der Waals surface area contributed by atoms with Gasteiger partial charge in [0.1, 0.15) is 0 Å². The molecular weight excluding hydrogens is 228 g/mol. The number of carbonyl (C=O) groups excluding carboxylic acids is 3. The number of methoxy groups -OCH3 is 2. The van der Waals surface area contributed by atoms with Crippen LogP contribution in [0.1, 0.15) is 6.42 Å². The van der Waals surface area contributed by atoms with Crippen LogP contribution in [-0.2, 0) is 19.1 Å². The number of rotatable bonds is 8. The third-order valence-corrected chi connectivity index (χ3v) is 1.74. The van der Waals surface area contributed by atoms with Crippen molar-refractivity contribution in [3.05, 3.63) is 12.5 Å². The zero-order chi connectivity index (χ0) is 13.3. The van der Waals surface area contributed by atoms with E-state index in [1.54, 1.807) is 0 Å². The molecule has 0 radical (unpaired) electrons. The fourth-order valence-electron chi connectivity index (χ4n) is 0.857. The molecule has 0 aromatic rings. The van der Waals surface area contributed by atoms with E-state index in [9.17, 15) is 14.4 Å². The molecule has 7 nitrogen and oxygen atoms in total. The Labute approximate surface area is 99.1 Å². The number of ketones is 2. The molecule has 2 N–H and O–H groups in total. The quantitative estimate of drug-likeness (QED) is 0.445. The van der Waals surface area contributed by atoms with Gasteiger partial charge in [-0.05, 0) is 6.58 Å². The summed E-state index contributed by atoms with van der Waals surface area (Å²) in [5.41, 5.74) is 0. The first-order valence-electron chi connectivity index (χ1n) is 4.81. The predicted molar refractivity (Wildman–Crippen MR) is 59.2 cm³/mol. The fraction of sp³-hybridized carbons (Fsp3) is 0.500. The molecular formula is C10H16N2O5. The van der Waals surface area contributed by atoms with Gasteiger partial charge in [-0.15, -0.1) is 0 Å².